The number of nitriles is 1. The molecule has 0 heterocycles. The third-order valence-electron chi connectivity index (χ3n) is 4.22. The summed E-state index contributed by atoms with van der Waals surface area (Å²) in [4.78, 5) is 23.8. The number of esters is 1. The van der Waals surface area contributed by atoms with E-state index in [0.29, 0.717) is 25.1 Å². The summed E-state index contributed by atoms with van der Waals surface area (Å²) < 4.78 is 4.82. The minimum absolute atomic E-state index is 0.223. The molecule has 126 valence electrons. The Hall–Kier alpha value is -2.61. The monoisotopic (exact) mass is 326 g/mol. The molecule has 1 N–H and O–H groups in total. The number of ether oxygens (including phenoxy) is 1. The van der Waals surface area contributed by atoms with Gasteiger partial charge in [0.1, 0.15) is 5.41 Å². The van der Waals surface area contributed by atoms with Crippen molar-refractivity contribution in [1.82, 2.24) is 0 Å². The second-order valence-electron chi connectivity index (χ2n) is 5.92. The summed E-state index contributed by atoms with van der Waals surface area (Å²) >= 11 is 0. The van der Waals surface area contributed by atoms with Crippen LogP contribution < -0.4 is 5.32 Å². The molecule has 1 aromatic carbocycles. The van der Waals surface area contributed by atoms with Crippen molar-refractivity contribution >= 4 is 23.6 Å². The maximum absolute atomic E-state index is 12.5. The fraction of sp³-hybridized carbons (Fsp3) is 0.421. The highest BCUT2D eigenvalue weighted by Crippen LogP contribution is 2.36. The standard InChI is InChI=1S/C19H22N2O3/c1-2-24-17(22)11-8-15-6-9-16(10-7-15)21-18(23)19(14-20)12-4-3-5-13-19/h6-11H,2-5,12-13H2,1H3,(H,21,23)/b11-8+. The van der Waals surface area contributed by atoms with E-state index in [4.69, 9.17) is 4.74 Å². The van der Waals surface area contributed by atoms with Crippen molar-refractivity contribution in [3.8, 4) is 6.07 Å². The van der Waals surface area contributed by atoms with Gasteiger partial charge in [-0.05, 0) is 43.5 Å². The van der Waals surface area contributed by atoms with E-state index < -0.39 is 5.41 Å². The van der Waals surface area contributed by atoms with Crippen molar-refractivity contribution in [2.24, 2.45) is 5.41 Å². The first-order chi connectivity index (χ1) is 11.6. The van der Waals surface area contributed by atoms with Crippen LogP contribution in [0.3, 0.4) is 0 Å². The Kier molecular flexibility index (Phi) is 6.14. The molecule has 1 saturated carbocycles. The van der Waals surface area contributed by atoms with E-state index >= 15 is 0 Å². The summed E-state index contributed by atoms with van der Waals surface area (Å²) in [6.45, 7) is 2.10. The van der Waals surface area contributed by atoms with Gasteiger partial charge in [-0.25, -0.2) is 4.79 Å². The second-order valence-corrected chi connectivity index (χ2v) is 5.92. The number of nitrogens with zero attached hydrogens (tertiary/aromatic N) is 1. The van der Waals surface area contributed by atoms with E-state index in [-0.39, 0.29) is 11.9 Å². The van der Waals surface area contributed by atoms with Gasteiger partial charge in [0.15, 0.2) is 0 Å². The predicted octanol–water partition coefficient (Wildman–Crippen LogP) is 3.68. The summed E-state index contributed by atoms with van der Waals surface area (Å²) in [5, 5.41) is 12.3. The zero-order valence-electron chi connectivity index (χ0n) is 13.9. The topological polar surface area (TPSA) is 79.2 Å². The van der Waals surface area contributed by atoms with E-state index in [9.17, 15) is 14.9 Å². The maximum atomic E-state index is 12.5. The smallest absolute Gasteiger partial charge is 0.330 e. The van der Waals surface area contributed by atoms with Crippen molar-refractivity contribution in [2.75, 3.05) is 11.9 Å². The van der Waals surface area contributed by atoms with Gasteiger partial charge < -0.3 is 10.1 Å². The number of nitrogens with one attached hydrogen (secondary N) is 1. The number of hydrogen-bond acceptors (Lipinski definition) is 4. The number of carbonyl (C=O) groups excluding carboxylic acids is 2. The number of amides is 1. The summed E-state index contributed by atoms with van der Waals surface area (Å²) in [7, 11) is 0. The van der Waals surface area contributed by atoms with Gasteiger partial charge in [-0.3, -0.25) is 4.79 Å². The Morgan fingerprint density at radius 1 is 1.25 bits per heavy atom. The second kappa shape index (κ2) is 8.30. The van der Waals surface area contributed by atoms with E-state index in [1.807, 2.05) is 0 Å². The molecule has 0 aromatic heterocycles. The van der Waals surface area contributed by atoms with Gasteiger partial charge in [0, 0.05) is 11.8 Å². The summed E-state index contributed by atoms with van der Waals surface area (Å²) in [6.07, 6.45) is 7.17. The molecule has 5 nitrogen and oxygen atoms in total. The van der Waals surface area contributed by atoms with Gasteiger partial charge >= 0.3 is 5.97 Å². The molecular weight excluding hydrogens is 304 g/mol. The molecule has 1 aliphatic rings. The summed E-state index contributed by atoms with van der Waals surface area (Å²) in [6, 6.07) is 9.33. The lowest BCUT2D eigenvalue weighted by atomic mass is 9.74. The van der Waals surface area contributed by atoms with E-state index in [1.54, 1.807) is 37.3 Å². The minimum atomic E-state index is -0.902. The fourth-order valence-electron chi connectivity index (χ4n) is 2.83. The molecular formula is C19H22N2O3. The van der Waals surface area contributed by atoms with Crippen LogP contribution in [0.1, 0.15) is 44.6 Å². The molecule has 1 fully saturated rings. The molecule has 0 spiro atoms. The van der Waals surface area contributed by atoms with Crippen molar-refractivity contribution in [2.45, 2.75) is 39.0 Å². The van der Waals surface area contributed by atoms with Crippen LogP contribution in [-0.4, -0.2) is 18.5 Å². The molecule has 0 unspecified atom stereocenters. The molecule has 0 atom stereocenters. The lowest BCUT2D eigenvalue weighted by molar-refractivity contribution is -0.137. The molecule has 5 heteroatoms. The van der Waals surface area contributed by atoms with Gasteiger partial charge in [0.25, 0.3) is 0 Å². The molecule has 0 bridgehead atoms. The average molecular weight is 326 g/mol. The predicted molar refractivity (Wildman–Crippen MR) is 91.9 cm³/mol. The SMILES string of the molecule is CCOC(=O)/C=C/c1ccc(NC(=O)C2(C#N)CCCCC2)cc1. The quantitative estimate of drug-likeness (QED) is 0.661. The van der Waals surface area contributed by atoms with Crippen LogP contribution in [0.5, 0.6) is 0 Å². The zero-order valence-corrected chi connectivity index (χ0v) is 13.9. The lowest BCUT2D eigenvalue weighted by Gasteiger charge is -2.29. The van der Waals surface area contributed by atoms with Crippen LogP contribution in [0.2, 0.25) is 0 Å². The van der Waals surface area contributed by atoms with Crippen LogP contribution in [0.25, 0.3) is 6.08 Å². The van der Waals surface area contributed by atoms with Crippen molar-refractivity contribution in [3.63, 3.8) is 0 Å². The fourth-order valence-corrected chi connectivity index (χ4v) is 2.83. The maximum Gasteiger partial charge on any atom is 0.330 e. The first kappa shape index (κ1) is 17.7. The molecule has 1 amide bonds. The van der Waals surface area contributed by atoms with Gasteiger partial charge in [0.05, 0.1) is 12.7 Å². The van der Waals surface area contributed by atoms with Gasteiger partial charge in [-0.2, -0.15) is 5.26 Å². The number of benzene rings is 1. The van der Waals surface area contributed by atoms with Crippen LogP contribution in [0, 0.1) is 16.7 Å². The third kappa shape index (κ3) is 4.45. The van der Waals surface area contributed by atoms with Gasteiger partial charge in [-0.1, -0.05) is 31.4 Å². The Morgan fingerprint density at radius 3 is 2.50 bits per heavy atom. The number of carbonyl (C=O) groups is 2. The largest absolute Gasteiger partial charge is 0.463 e. The molecule has 0 aliphatic heterocycles. The Bertz CT molecular complexity index is 650. The Labute approximate surface area is 142 Å². The number of anilines is 1. The summed E-state index contributed by atoms with van der Waals surface area (Å²) in [5.74, 6) is -0.609. The highest BCUT2D eigenvalue weighted by Gasteiger charge is 2.39. The Morgan fingerprint density at radius 2 is 1.92 bits per heavy atom. The molecule has 1 aliphatic carbocycles. The number of rotatable bonds is 5. The summed E-state index contributed by atoms with van der Waals surface area (Å²) in [5.41, 5.74) is 0.572. The van der Waals surface area contributed by atoms with E-state index in [0.717, 1.165) is 24.8 Å². The highest BCUT2D eigenvalue weighted by molar-refractivity contribution is 5.97. The van der Waals surface area contributed by atoms with Crippen LogP contribution in [-0.2, 0) is 14.3 Å². The third-order valence-corrected chi connectivity index (χ3v) is 4.22. The van der Waals surface area contributed by atoms with Crippen LogP contribution in [0.4, 0.5) is 5.69 Å². The number of hydrogen-bond donors (Lipinski definition) is 1. The average Bonchev–Trinajstić information content (AvgIpc) is 2.62. The van der Waals surface area contributed by atoms with Gasteiger partial charge in [-0.15, -0.1) is 0 Å². The van der Waals surface area contributed by atoms with E-state index in [2.05, 4.69) is 11.4 Å². The molecule has 2 rings (SSSR count). The molecule has 24 heavy (non-hydrogen) atoms. The van der Waals surface area contributed by atoms with Crippen LogP contribution >= 0.6 is 0 Å². The Balaban J connectivity index is 1.99. The highest BCUT2D eigenvalue weighted by atomic mass is 16.5. The molecule has 1 aromatic rings. The van der Waals surface area contributed by atoms with Crippen molar-refractivity contribution in [3.05, 3.63) is 35.9 Å². The molecule has 0 saturated heterocycles. The van der Waals surface area contributed by atoms with E-state index in [1.165, 1.54) is 6.08 Å². The minimum Gasteiger partial charge on any atom is -0.463 e. The molecule has 0 radical (unpaired) electrons. The van der Waals surface area contributed by atoms with Crippen molar-refractivity contribution < 1.29 is 14.3 Å². The normalized spacial score (nSPS) is 16.3. The first-order valence-corrected chi connectivity index (χ1v) is 8.27. The van der Waals surface area contributed by atoms with Crippen molar-refractivity contribution in [1.29, 1.82) is 5.26 Å². The first-order valence-electron chi connectivity index (χ1n) is 8.27. The van der Waals surface area contributed by atoms with Gasteiger partial charge in [0.2, 0.25) is 5.91 Å². The van der Waals surface area contributed by atoms with Crippen LogP contribution in [0.15, 0.2) is 30.3 Å². The lowest BCUT2D eigenvalue weighted by Crippen LogP contribution is -2.36. The zero-order chi connectivity index (χ0) is 17.4.